The van der Waals surface area contributed by atoms with Crippen molar-refractivity contribution in [2.45, 2.75) is 39.8 Å². The third-order valence-electron chi connectivity index (χ3n) is 6.49. The van der Waals surface area contributed by atoms with Gasteiger partial charge in [0.05, 0.1) is 6.54 Å². The topological polar surface area (TPSA) is 110 Å². The first kappa shape index (κ1) is 25.8. The van der Waals surface area contributed by atoms with Gasteiger partial charge in [0.25, 0.3) is 5.56 Å². The average molecular weight is 532 g/mol. The summed E-state index contributed by atoms with van der Waals surface area (Å²) in [5.74, 6) is 1.59. The van der Waals surface area contributed by atoms with E-state index in [2.05, 4.69) is 57.2 Å². The van der Waals surface area contributed by atoms with E-state index in [1.807, 2.05) is 6.92 Å². The SMILES string of the molecule is C=CCn1c(=O)c2cnc(Nc3cc(C)c4c(c3)CN(C)CC4)nc2n1-c1cccc(N=[S-](=O)CCC)n1. The van der Waals surface area contributed by atoms with E-state index in [1.54, 1.807) is 29.0 Å². The van der Waals surface area contributed by atoms with E-state index in [0.717, 1.165) is 31.6 Å². The molecule has 4 aromatic rings. The number of rotatable bonds is 8. The van der Waals surface area contributed by atoms with Gasteiger partial charge < -0.3 is 18.8 Å². The summed E-state index contributed by atoms with van der Waals surface area (Å²) >= 11 is 0. The number of aryl methyl sites for hydroxylation is 1. The number of likely N-dealkylation sites (N-methyl/N-ethyl adjacent to an activating group) is 1. The van der Waals surface area contributed by atoms with Crippen LogP contribution in [0.25, 0.3) is 16.9 Å². The first-order valence-electron chi connectivity index (χ1n) is 12.6. The summed E-state index contributed by atoms with van der Waals surface area (Å²) in [6.45, 7) is 10.1. The van der Waals surface area contributed by atoms with E-state index in [0.29, 0.717) is 34.4 Å². The van der Waals surface area contributed by atoms with Crippen molar-refractivity contribution >= 4 is 39.1 Å². The number of nitrogens with one attached hydrogen (secondary N) is 1. The second-order valence-corrected chi connectivity index (χ2v) is 10.7. The largest absolute Gasteiger partial charge is 0.444 e. The molecule has 0 radical (unpaired) electrons. The normalized spacial score (nSPS) is 14.5. The molecule has 5 rings (SSSR count). The summed E-state index contributed by atoms with van der Waals surface area (Å²) in [7, 11) is 0.757. The molecule has 0 amide bonds. The predicted molar refractivity (Wildman–Crippen MR) is 151 cm³/mol. The van der Waals surface area contributed by atoms with Gasteiger partial charge in [-0.25, -0.2) is 19.3 Å². The standard InChI is InChI=1S/C27H31N8O2S/c1-5-11-34-26(36)22-16-28-27(29-20-14-18(3)21-10-12-33(4)17-19(21)15-20)31-25(22)35(34)24-9-7-8-23(30-24)32-38(37)13-6-2/h5,7-9,14-16H,1,6,10-13,17H2,2-4H3,(H,28,29,31)/q-1. The molecule has 1 N–H and O–H groups in total. The highest BCUT2D eigenvalue weighted by atomic mass is 32.2. The van der Waals surface area contributed by atoms with Crippen LogP contribution in [0.4, 0.5) is 17.5 Å². The van der Waals surface area contributed by atoms with Crippen LogP contribution in [0.1, 0.15) is 30.0 Å². The van der Waals surface area contributed by atoms with Gasteiger partial charge in [-0.15, -0.1) is 6.58 Å². The molecule has 198 valence electrons. The van der Waals surface area contributed by atoms with Crippen molar-refractivity contribution in [1.29, 1.82) is 0 Å². The number of hydrogen-bond donors (Lipinski definition) is 1. The van der Waals surface area contributed by atoms with E-state index in [4.69, 9.17) is 4.98 Å². The fourth-order valence-corrected chi connectivity index (χ4v) is 5.53. The van der Waals surface area contributed by atoms with Gasteiger partial charge in [0.15, 0.2) is 11.5 Å². The van der Waals surface area contributed by atoms with Crippen molar-refractivity contribution in [1.82, 2.24) is 29.2 Å². The molecule has 1 aliphatic rings. The smallest absolute Gasteiger partial charge is 0.278 e. The molecular weight excluding hydrogens is 500 g/mol. The van der Waals surface area contributed by atoms with Crippen LogP contribution in [0.2, 0.25) is 0 Å². The number of fused-ring (bicyclic) bond motifs is 2. The highest BCUT2D eigenvalue weighted by Gasteiger charge is 2.19. The lowest BCUT2D eigenvalue weighted by Crippen LogP contribution is -2.27. The fourth-order valence-electron chi connectivity index (χ4n) is 4.78. The number of benzene rings is 1. The summed E-state index contributed by atoms with van der Waals surface area (Å²) in [6.07, 6.45) is 4.96. The van der Waals surface area contributed by atoms with E-state index >= 15 is 0 Å². The van der Waals surface area contributed by atoms with E-state index < -0.39 is 10.6 Å². The summed E-state index contributed by atoms with van der Waals surface area (Å²) in [5, 5.41) is 3.69. The molecule has 0 aliphatic carbocycles. The molecule has 38 heavy (non-hydrogen) atoms. The third-order valence-corrected chi connectivity index (χ3v) is 7.64. The van der Waals surface area contributed by atoms with Gasteiger partial charge in [-0.05, 0) is 61.3 Å². The molecule has 10 nitrogen and oxygen atoms in total. The minimum absolute atomic E-state index is 0.250. The molecule has 4 heterocycles. The summed E-state index contributed by atoms with van der Waals surface area (Å²) in [5.41, 5.74) is 4.98. The van der Waals surface area contributed by atoms with Crippen molar-refractivity contribution in [3.63, 3.8) is 0 Å². The molecular formula is C27H31N8O2S-. The monoisotopic (exact) mass is 531 g/mol. The van der Waals surface area contributed by atoms with Crippen molar-refractivity contribution in [3.8, 4) is 5.82 Å². The highest BCUT2D eigenvalue weighted by Crippen LogP contribution is 2.27. The zero-order chi connectivity index (χ0) is 26.8. The van der Waals surface area contributed by atoms with Crippen LogP contribution >= 0.6 is 0 Å². The Morgan fingerprint density at radius 3 is 2.89 bits per heavy atom. The Morgan fingerprint density at radius 1 is 1.26 bits per heavy atom. The maximum Gasteiger partial charge on any atom is 0.278 e. The van der Waals surface area contributed by atoms with Gasteiger partial charge in [-0.3, -0.25) is 4.79 Å². The summed E-state index contributed by atoms with van der Waals surface area (Å²) < 4.78 is 19.5. The maximum absolute atomic E-state index is 13.3. The van der Waals surface area contributed by atoms with Crippen LogP contribution in [-0.2, 0) is 34.3 Å². The van der Waals surface area contributed by atoms with E-state index in [9.17, 15) is 9.00 Å². The number of pyridine rings is 1. The van der Waals surface area contributed by atoms with Crippen molar-refractivity contribution in [3.05, 3.63) is 76.2 Å². The lowest BCUT2D eigenvalue weighted by Gasteiger charge is -2.27. The maximum atomic E-state index is 13.3. The Morgan fingerprint density at radius 2 is 2.11 bits per heavy atom. The summed E-state index contributed by atoms with van der Waals surface area (Å²) in [6, 6.07) is 9.47. The van der Waals surface area contributed by atoms with Gasteiger partial charge in [-0.1, -0.05) is 31.2 Å². The first-order valence-corrected chi connectivity index (χ1v) is 13.9. The highest BCUT2D eigenvalue weighted by molar-refractivity contribution is 7.74. The van der Waals surface area contributed by atoms with Crippen LogP contribution in [0.5, 0.6) is 0 Å². The molecule has 1 aliphatic heterocycles. The van der Waals surface area contributed by atoms with Crippen LogP contribution in [0.3, 0.4) is 0 Å². The number of anilines is 2. The number of allylic oxidation sites excluding steroid dienone is 1. The number of aromatic nitrogens is 5. The quantitative estimate of drug-likeness (QED) is 0.265. The average Bonchev–Trinajstić information content (AvgIpc) is 3.15. The van der Waals surface area contributed by atoms with Gasteiger partial charge in [0, 0.05) is 25.0 Å². The van der Waals surface area contributed by atoms with Crippen LogP contribution in [0.15, 0.2) is 58.3 Å². The molecule has 11 heteroatoms. The lowest BCUT2D eigenvalue weighted by atomic mass is 9.94. The van der Waals surface area contributed by atoms with E-state index in [1.165, 1.54) is 27.6 Å². The van der Waals surface area contributed by atoms with Crippen molar-refractivity contribution < 1.29 is 4.21 Å². The molecule has 0 bridgehead atoms. The fraction of sp³-hybridized carbons (Fsp3) is 0.333. The van der Waals surface area contributed by atoms with Gasteiger partial charge in [-0.2, -0.15) is 15.6 Å². The number of hydrogen-bond acceptors (Lipinski definition) is 9. The zero-order valence-corrected chi connectivity index (χ0v) is 22.7. The van der Waals surface area contributed by atoms with Gasteiger partial charge in [0.1, 0.15) is 11.2 Å². The molecule has 0 saturated carbocycles. The molecule has 3 aromatic heterocycles. The first-order chi connectivity index (χ1) is 18.4. The Hall–Kier alpha value is -3.83. The Bertz CT molecular complexity index is 1670. The Labute approximate surface area is 223 Å². The van der Waals surface area contributed by atoms with E-state index in [-0.39, 0.29) is 12.1 Å². The van der Waals surface area contributed by atoms with Crippen LogP contribution < -0.4 is 10.9 Å². The van der Waals surface area contributed by atoms with Crippen molar-refractivity contribution in [2.24, 2.45) is 4.36 Å². The minimum Gasteiger partial charge on any atom is -0.444 e. The zero-order valence-electron chi connectivity index (χ0n) is 21.8. The predicted octanol–water partition coefficient (Wildman–Crippen LogP) is 4.39. The lowest BCUT2D eigenvalue weighted by molar-refractivity contribution is 0.312. The second kappa shape index (κ2) is 10.9. The molecule has 1 aromatic carbocycles. The molecule has 0 atom stereocenters. The van der Waals surface area contributed by atoms with Gasteiger partial charge in [0.2, 0.25) is 5.95 Å². The Balaban J connectivity index is 1.59. The molecule has 0 unspecified atom stereocenters. The Kier molecular flexibility index (Phi) is 7.39. The second-order valence-electron chi connectivity index (χ2n) is 9.43. The summed E-state index contributed by atoms with van der Waals surface area (Å²) in [4.78, 5) is 29.3. The van der Waals surface area contributed by atoms with Crippen LogP contribution in [-0.4, -0.2) is 48.6 Å². The van der Waals surface area contributed by atoms with Crippen LogP contribution in [0, 0.1) is 6.92 Å². The molecule has 0 fully saturated rings. The van der Waals surface area contributed by atoms with Crippen molar-refractivity contribution in [2.75, 3.05) is 24.7 Å². The third kappa shape index (κ3) is 5.11. The van der Waals surface area contributed by atoms with Gasteiger partial charge >= 0.3 is 0 Å². The molecule has 0 saturated heterocycles. The number of nitrogens with zero attached hydrogens (tertiary/aromatic N) is 7. The minimum atomic E-state index is -1.37. The molecule has 0 spiro atoms.